The van der Waals surface area contributed by atoms with Crippen molar-refractivity contribution < 1.29 is 9.59 Å². The molecule has 0 spiro atoms. The van der Waals surface area contributed by atoms with Crippen LogP contribution in [0.15, 0.2) is 58.5 Å². The molecule has 1 aromatic heterocycles. The monoisotopic (exact) mass is 448 g/mol. The van der Waals surface area contributed by atoms with Gasteiger partial charge in [0.05, 0.1) is 11.5 Å². The quantitative estimate of drug-likeness (QED) is 0.391. The molecule has 8 heteroatoms. The topological polar surface area (TPSA) is 104 Å². The van der Waals surface area contributed by atoms with Crippen LogP contribution in [0.2, 0.25) is 0 Å². The van der Waals surface area contributed by atoms with E-state index in [4.69, 9.17) is 0 Å². The Hall–Kier alpha value is -3.39. The Morgan fingerprint density at radius 3 is 2.47 bits per heavy atom. The van der Waals surface area contributed by atoms with Crippen LogP contribution in [0.1, 0.15) is 41.5 Å². The number of fused-ring (bicyclic) bond motifs is 1. The summed E-state index contributed by atoms with van der Waals surface area (Å²) in [6.07, 6.45) is 0.794. The highest BCUT2D eigenvalue weighted by Crippen LogP contribution is 2.31. The number of amides is 2. The first-order chi connectivity index (χ1) is 15.4. The summed E-state index contributed by atoms with van der Waals surface area (Å²) in [6.45, 7) is 4.08. The Kier molecular flexibility index (Phi) is 6.41. The summed E-state index contributed by atoms with van der Waals surface area (Å²) in [6, 6.07) is 15.6. The van der Waals surface area contributed by atoms with E-state index in [1.165, 1.54) is 17.3 Å². The summed E-state index contributed by atoms with van der Waals surface area (Å²) in [5, 5.41) is 5.85. The smallest absolute Gasteiger partial charge is 0.257 e. The predicted octanol–water partition coefficient (Wildman–Crippen LogP) is 4.00. The molecule has 2 amide bonds. The molecular weight excluding hydrogens is 424 g/mol. The number of carbonyl (C=O) groups is 2. The lowest BCUT2D eigenvalue weighted by atomic mass is 9.92. The Bertz CT molecular complexity index is 1200. The summed E-state index contributed by atoms with van der Waals surface area (Å²) in [5.74, 6) is -0.882. The fourth-order valence-corrected chi connectivity index (χ4v) is 4.35. The number of aryl methyl sites for hydroxylation is 2. The van der Waals surface area contributed by atoms with Crippen LogP contribution in [0.5, 0.6) is 0 Å². The Labute approximate surface area is 190 Å². The number of rotatable bonds is 6. The molecule has 0 bridgehead atoms. The average molecular weight is 449 g/mol. The molecule has 7 nitrogen and oxygen atoms in total. The van der Waals surface area contributed by atoms with E-state index in [-0.39, 0.29) is 23.7 Å². The number of hydrogen-bond donors (Lipinski definition) is 3. The summed E-state index contributed by atoms with van der Waals surface area (Å²) in [7, 11) is 0. The maximum Gasteiger partial charge on any atom is 0.257 e. The van der Waals surface area contributed by atoms with Crippen molar-refractivity contribution in [3.8, 4) is 0 Å². The fraction of sp³-hybridized carbons (Fsp3) is 0.250. The molecule has 0 saturated heterocycles. The minimum Gasteiger partial charge on any atom is -0.326 e. The highest BCUT2D eigenvalue weighted by Gasteiger charge is 2.34. The van der Waals surface area contributed by atoms with Crippen LogP contribution in [0, 0.1) is 6.92 Å². The van der Waals surface area contributed by atoms with Gasteiger partial charge in [0.25, 0.3) is 5.56 Å². The van der Waals surface area contributed by atoms with Crippen molar-refractivity contribution in [1.82, 2.24) is 9.97 Å². The number of carbonyl (C=O) groups excluding carboxylic acids is 2. The molecule has 1 atom stereocenters. The molecule has 1 unspecified atom stereocenters. The fourth-order valence-electron chi connectivity index (χ4n) is 3.53. The number of hydrogen-bond acceptors (Lipinski definition) is 5. The zero-order chi connectivity index (χ0) is 22.7. The molecule has 2 heterocycles. The van der Waals surface area contributed by atoms with Gasteiger partial charge >= 0.3 is 0 Å². The second kappa shape index (κ2) is 9.40. The summed E-state index contributed by atoms with van der Waals surface area (Å²) < 4.78 is 0. The molecule has 2 aromatic carbocycles. The standard InChI is InChI=1S/C24H24N4O3S/c1-3-15-8-10-17(11-9-15)25-22(30)18-12-19(29)26-21-20(18)23(31)28-24(27-21)32-13-16-6-4-14(2)5-7-16/h4-11,18H,3,12-13H2,1-2H3,(H,25,30)(H2,26,27,28,29,31). The van der Waals surface area contributed by atoms with Crippen LogP contribution >= 0.6 is 11.8 Å². The van der Waals surface area contributed by atoms with Gasteiger partial charge in [0.2, 0.25) is 11.8 Å². The highest BCUT2D eigenvalue weighted by atomic mass is 32.2. The largest absolute Gasteiger partial charge is 0.326 e. The second-order valence-corrected chi connectivity index (χ2v) is 8.72. The number of benzene rings is 2. The van der Waals surface area contributed by atoms with E-state index in [2.05, 4.69) is 27.5 Å². The van der Waals surface area contributed by atoms with Gasteiger partial charge in [0.1, 0.15) is 5.82 Å². The second-order valence-electron chi connectivity index (χ2n) is 7.75. The lowest BCUT2D eigenvalue weighted by molar-refractivity contribution is -0.123. The third-order valence-electron chi connectivity index (χ3n) is 5.37. The maximum absolute atomic E-state index is 12.9. The number of aromatic amines is 1. The van der Waals surface area contributed by atoms with Crippen LogP contribution in [0.25, 0.3) is 0 Å². The van der Waals surface area contributed by atoms with Gasteiger partial charge in [-0.25, -0.2) is 4.98 Å². The van der Waals surface area contributed by atoms with Crippen molar-refractivity contribution in [1.29, 1.82) is 0 Å². The first-order valence-electron chi connectivity index (χ1n) is 10.4. The maximum atomic E-state index is 12.9. The molecule has 32 heavy (non-hydrogen) atoms. The molecule has 0 fully saturated rings. The zero-order valence-corrected chi connectivity index (χ0v) is 18.7. The summed E-state index contributed by atoms with van der Waals surface area (Å²) >= 11 is 1.36. The lowest BCUT2D eigenvalue weighted by Crippen LogP contribution is -2.36. The van der Waals surface area contributed by atoms with E-state index in [0.717, 1.165) is 17.5 Å². The summed E-state index contributed by atoms with van der Waals surface area (Å²) in [5.41, 5.74) is 3.81. The molecule has 0 radical (unpaired) electrons. The van der Waals surface area contributed by atoms with Gasteiger partial charge in [-0.15, -0.1) is 0 Å². The van der Waals surface area contributed by atoms with Gasteiger partial charge in [-0.1, -0.05) is 60.6 Å². The third-order valence-corrected chi connectivity index (χ3v) is 6.32. The molecule has 0 aliphatic carbocycles. The number of nitrogens with zero attached hydrogens (tertiary/aromatic N) is 1. The van der Waals surface area contributed by atoms with Crippen LogP contribution in [-0.4, -0.2) is 21.8 Å². The molecule has 0 saturated carbocycles. The van der Waals surface area contributed by atoms with Crippen LogP contribution in [-0.2, 0) is 21.8 Å². The normalized spacial score (nSPS) is 15.1. The first kappa shape index (κ1) is 21.8. The van der Waals surface area contributed by atoms with Crippen molar-refractivity contribution in [3.63, 3.8) is 0 Å². The number of nitrogens with one attached hydrogen (secondary N) is 3. The van der Waals surface area contributed by atoms with E-state index in [9.17, 15) is 14.4 Å². The lowest BCUT2D eigenvalue weighted by Gasteiger charge is -2.23. The predicted molar refractivity (Wildman–Crippen MR) is 126 cm³/mol. The molecule has 3 N–H and O–H groups in total. The molecule has 1 aliphatic rings. The van der Waals surface area contributed by atoms with Crippen molar-refractivity contribution in [2.45, 2.75) is 43.5 Å². The average Bonchev–Trinajstić information content (AvgIpc) is 2.78. The Balaban J connectivity index is 1.54. The molecule has 3 aromatic rings. The van der Waals surface area contributed by atoms with Crippen LogP contribution in [0.4, 0.5) is 11.5 Å². The van der Waals surface area contributed by atoms with Gasteiger partial charge in [0, 0.05) is 17.9 Å². The van der Waals surface area contributed by atoms with E-state index < -0.39 is 17.4 Å². The van der Waals surface area contributed by atoms with Gasteiger partial charge in [-0.05, 0) is 36.6 Å². The van der Waals surface area contributed by atoms with E-state index in [1.54, 1.807) is 0 Å². The van der Waals surface area contributed by atoms with E-state index in [0.29, 0.717) is 16.6 Å². The minimum absolute atomic E-state index is 0.105. The minimum atomic E-state index is -0.906. The van der Waals surface area contributed by atoms with Crippen molar-refractivity contribution in [2.24, 2.45) is 0 Å². The zero-order valence-electron chi connectivity index (χ0n) is 17.9. The Morgan fingerprint density at radius 2 is 1.78 bits per heavy atom. The third kappa shape index (κ3) is 4.91. The van der Waals surface area contributed by atoms with Gasteiger partial charge in [0.15, 0.2) is 5.16 Å². The van der Waals surface area contributed by atoms with Crippen molar-refractivity contribution in [3.05, 3.63) is 81.1 Å². The summed E-state index contributed by atoms with van der Waals surface area (Å²) in [4.78, 5) is 45.2. The molecular formula is C24H24N4O3S. The van der Waals surface area contributed by atoms with Crippen molar-refractivity contribution in [2.75, 3.05) is 10.6 Å². The SMILES string of the molecule is CCc1ccc(NC(=O)C2CC(=O)Nc3nc(SCc4ccc(C)cc4)[nH]c(=O)c32)cc1. The van der Waals surface area contributed by atoms with Crippen molar-refractivity contribution >= 4 is 35.1 Å². The van der Waals surface area contributed by atoms with Gasteiger partial charge in [-0.3, -0.25) is 14.4 Å². The van der Waals surface area contributed by atoms with E-state index >= 15 is 0 Å². The molecule has 4 rings (SSSR count). The van der Waals surface area contributed by atoms with Gasteiger partial charge < -0.3 is 15.6 Å². The van der Waals surface area contributed by atoms with E-state index in [1.807, 2.05) is 55.5 Å². The highest BCUT2D eigenvalue weighted by molar-refractivity contribution is 7.98. The Morgan fingerprint density at radius 1 is 1.09 bits per heavy atom. The molecule has 1 aliphatic heterocycles. The number of anilines is 2. The van der Waals surface area contributed by atoms with Crippen LogP contribution in [0.3, 0.4) is 0 Å². The first-order valence-corrected chi connectivity index (χ1v) is 11.4. The number of thioether (sulfide) groups is 1. The van der Waals surface area contributed by atoms with Crippen LogP contribution < -0.4 is 16.2 Å². The number of H-pyrrole nitrogens is 1. The van der Waals surface area contributed by atoms with Gasteiger partial charge in [-0.2, -0.15) is 0 Å². The number of aromatic nitrogens is 2. The molecule has 164 valence electrons.